The molecule has 7 rings (SSSR count). The first-order chi connectivity index (χ1) is 24.4. The average Bonchev–Trinajstić information content (AvgIpc) is 3.71. The molecule has 0 amide bonds. The first kappa shape index (κ1) is 36.6. The predicted octanol–water partition coefficient (Wildman–Crippen LogP) is 11.7. The molecule has 0 aliphatic carbocycles. The Balaban J connectivity index is 0.00000448. The summed E-state index contributed by atoms with van der Waals surface area (Å²) in [5.74, 6) is 4.43. The molecule has 5 nitrogen and oxygen atoms in total. The van der Waals surface area contributed by atoms with Gasteiger partial charge < -0.3 is 19.2 Å². The number of para-hydroxylation sites is 2. The minimum atomic E-state index is 0. The molecule has 0 radical (unpaired) electrons. The van der Waals surface area contributed by atoms with E-state index in [0.717, 1.165) is 45.6 Å². The minimum Gasteiger partial charge on any atom is -0.503 e. The molecule has 1 atom stereocenters. The Hall–Kier alpha value is -4.21. The van der Waals surface area contributed by atoms with Crippen LogP contribution in [0.2, 0.25) is 0 Å². The largest absolute Gasteiger partial charge is 2.00 e. The number of ether oxygens (including phenoxy) is 1. The summed E-state index contributed by atoms with van der Waals surface area (Å²) >= 11 is 0. The van der Waals surface area contributed by atoms with Gasteiger partial charge in [0.15, 0.2) is 0 Å². The van der Waals surface area contributed by atoms with E-state index in [1.807, 2.05) is 36.5 Å². The van der Waals surface area contributed by atoms with Crippen molar-refractivity contribution in [1.82, 2.24) is 9.55 Å². The predicted molar refractivity (Wildman–Crippen MR) is 208 cm³/mol. The Morgan fingerprint density at radius 2 is 1.43 bits per heavy atom. The fourth-order valence-corrected chi connectivity index (χ4v) is 7.72. The smallest absolute Gasteiger partial charge is 0.503 e. The van der Waals surface area contributed by atoms with Gasteiger partial charge in [-0.05, 0) is 65.3 Å². The number of pyridine rings is 1. The van der Waals surface area contributed by atoms with Gasteiger partial charge in [-0.3, -0.25) is 0 Å². The second-order valence-corrected chi connectivity index (χ2v) is 14.2. The fourth-order valence-electron chi connectivity index (χ4n) is 7.72. The summed E-state index contributed by atoms with van der Waals surface area (Å²) in [4.78, 5) is 12.7. The summed E-state index contributed by atoms with van der Waals surface area (Å²) in [5, 5.41) is 2.27. The summed E-state index contributed by atoms with van der Waals surface area (Å²) in [7, 11) is 0. The van der Waals surface area contributed by atoms with Crippen LogP contribution in [0, 0.1) is 18.1 Å². The molecule has 51 heavy (non-hydrogen) atoms. The monoisotopic (exact) mass is 855 g/mol. The van der Waals surface area contributed by atoms with Crippen molar-refractivity contribution in [2.75, 3.05) is 11.4 Å². The molecule has 1 aliphatic rings. The van der Waals surface area contributed by atoms with Gasteiger partial charge >= 0.3 is 21.1 Å². The SMILES string of the molecule is CCCC(CCC)[C@H]1CN(c2c(C(C)C)cccc2C(C)C)C(c2[c-]c(Oc3[c-]c4c(cc3)c3ccccc3n4-c3ccccn3)ccc2)=N1.[Pt+2]. The Bertz CT molecular complexity index is 2100. The average molecular weight is 856 g/mol. The van der Waals surface area contributed by atoms with E-state index < -0.39 is 0 Å². The molecule has 0 saturated heterocycles. The van der Waals surface area contributed by atoms with Gasteiger partial charge in [-0.15, -0.1) is 41.3 Å². The number of aromatic nitrogens is 2. The summed E-state index contributed by atoms with van der Waals surface area (Å²) < 4.78 is 8.73. The normalized spacial score (nSPS) is 14.6. The zero-order valence-corrected chi connectivity index (χ0v) is 32.9. The molecule has 0 saturated carbocycles. The molecule has 0 N–H and O–H groups in total. The quantitative estimate of drug-likeness (QED) is 0.115. The molecule has 0 bridgehead atoms. The maximum absolute atomic E-state index is 6.57. The zero-order chi connectivity index (χ0) is 34.8. The van der Waals surface area contributed by atoms with Crippen molar-refractivity contribution in [2.45, 2.75) is 85.1 Å². The van der Waals surface area contributed by atoms with Gasteiger partial charge in [0.25, 0.3) is 0 Å². The number of anilines is 1. The van der Waals surface area contributed by atoms with Gasteiger partial charge in [-0.2, -0.15) is 6.07 Å². The third-order valence-electron chi connectivity index (χ3n) is 10.1. The van der Waals surface area contributed by atoms with Crippen molar-refractivity contribution in [3.05, 3.63) is 126 Å². The van der Waals surface area contributed by atoms with E-state index in [2.05, 4.69) is 129 Å². The number of hydrogen-bond donors (Lipinski definition) is 0. The molecule has 4 aromatic carbocycles. The van der Waals surface area contributed by atoms with Crippen LogP contribution in [0.25, 0.3) is 27.6 Å². The van der Waals surface area contributed by atoms with Gasteiger partial charge in [0, 0.05) is 35.4 Å². The Morgan fingerprint density at radius 1 is 0.745 bits per heavy atom. The second-order valence-electron chi connectivity index (χ2n) is 14.2. The van der Waals surface area contributed by atoms with Gasteiger partial charge in [-0.25, -0.2) is 4.98 Å². The summed E-state index contributed by atoms with van der Waals surface area (Å²) in [6.07, 6.45) is 6.54. The van der Waals surface area contributed by atoms with Crippen molar-refractivity contribution in [3.8, 4) is 17.3 Å². The first-order valence-corrected chi connectivity index (χ1v) is 18.4. The number of benzene rings is 4. The van der Waals surface area contributed by atoms with E-state index >= 15 is 0 Å². The van der Waals surface area contributed by atoms with E-state index in [1.54, 1.807) is 0 Å². The van der Waals surface area contributed by atoms with Crippen molar-refractivity contribution in [1.29, 1.82) is 0 Å². The van der Waals surface area contributed by atoms with Crippen molar-refractivity contribution >= 4 is 33.3 Å². The Labute approximate surface area is 318 Å². The molecule has 0 fully saturated rings. The topological polar surface area (TPSA) is 42.6 Å². The Morgan fingerprint density at radius 3 is 2.12 bits per heavy atom. The molecule has 0 spiro atoms. The number of amidine groups is 1. The van der Waals surface area contributed by atoms with E-state index in [9.17, 15) is 0 Å². The summed E-state index contributed by atoms with van der Waals surface area (Å²) in [6, 6.07) is 39.0. The van der Waals surface area contributed by atoms with Crippen LogP contribution in [0.4, 0.5) is 5.69 Å². The van der Waals surface area contributed by atoms with Gasteiger partial charge in [0.1, 0.15) is 5.82 Å². The molecule has 1 aliphatic heterocycles. The van der Waals surface area contributed by atoms with Crippen LogP contribution in [0.15, 0.2) is 102 Å². The second kappa shape index (κ2) is 16.0. The van der Waals surface area contributed by atoms with Crippen LogP contribution >= 0.6 is 0 Å². The van der Waals surface area contributed by atoms with Gasteiger partial charge in [-0.1, -0.05) is 108 Å². The molecular weight excluding hydrogens is 808 g/mol. The molecule has 6 aromatic rings. The zero-order valence-electron chi connectivity index (χ0n) is 30.6. The maximum Gasteiger partial charge on any atom is 2.00 e. The molecule has 3 heterocycles. The van der Waals surface area contributed by atoms with Crippen LogP contribution in [-0.4, -0.2) is 28.0 Å². The van der Waals surface area contributed by atoms with E-state index in [4.69, 9.17) is 9.73 Å². The van der Waals surface area contributed by atoms with E-state index in [0.29, 0.717) is 29.3 Å². The van der Waals surface area contributed by atoms with Crippen molar-refractivity contribution in [3.63, 3.8) is 0 Å². The Kier molecular flexibility index (Phi) is 11.5. The number of aliphatic imine (C=N–C) groups is 1. The molecule has 2 aromatic heterocycles. The number of nitrogens with zero attached hydrogens (tertiary/aromatic N) is 4. The van der Waals surface area contributed by atoms with E-state index in [1.165, 1.54) is 42.5 Å². The number of rotatable bonds is 12. The summed E-state index contributed by atoms with van der Waals surface area (Å²) in [6.45, 7) is 14.7. The summed E-state index contributed by atoms with van der Waals surface area (Å²) in [5.41, 5.74) is 7.01. The molecule has 264 valence electrons. The minimum absolute atomic E-state index is 0. The van der Waals surface area contributed by atoms with Crippen LogP contribution in [0.5, 0.6) is 11.5 Å². The third kappa shape index (κ3) is 7.28. The fraction of sp³-hybridized carbons (Fsp3) is 0.333. The maximum atomic E-state index is 6.57. The first-order valence-electron chi connectivity index (χ1n) is 18.4. The van der Waals surface area contributed by atoms with E-state index in [-0.39, 0.29) is 27.1 Å². The standard InChI is InChI=1S/C45H48N4O.Pt/c1-7-15-32(16-8-2)40-29-48(44-36(30(3)4)20-14-21-37(44)31(5)6)45(47-40)33-17-13-18-34(27-33)50-35-24-25-39-38-19-9-10-22-41(38)49(42(39)28-35)43-23-11-12-26-46-43;/h9-14,17-26,30-32,40H,7-8,15-16,29H2,1-6H3;/q-2;+2/t40-;/m1./s1. The molecule has 6 heteroatoms. The van der Waals surface area contributed by atoms with Crippen LogP contribution in [-0.2, 0) is 21.1 Å². The van der Waals surface area contributed by atoms with Crippen molar-refractivity contribution < 1.29 is 25.8 Å². The van der Waals surface area contributed by atoms with Crippen LogP contribution in [0.1, 0.15) is 95.8 Å². The third-order valence-corrected chi connectivity index (χ3v) is 10.1. The van der Waals surface area contributed by atoms with Gasteiger partial charge in [0.2, 0.25) is 0 Å². The van der Waals surface area contributed by atoms with Crippen LogP contribution in [0.3, 0.4) is 0 Å². The molecular formula is C45H48N4OPt. The van der Waals surface area contributed by atoms with Crippen molar-refractivity contribution in [2.24, 2.45) is 10.9 Å². The number of hydrogen-bond acceptors (Lipinski definition) is 4. The van der Waals surface area contributed by atoms with Gasteiger partial charge in [0.05, 0.1) is 11.9 Å². The number of fused-ring (bicyclic) bond motifs is 3. The molecule has 0 unspecified atom stereocenters. The van der Waals surface area contributed by atoms with Crippen LogP contribution < -0.4 is 9.64 Å².